The van der Waals surface area contributed by atoms with Gasteiger partial charge in [0.15, 0.2) is 0 Å². The average Bonchev–Trinajstić information content (AvgIpc) is 2.49. The fraction of sp³-hybridized carbons (Fsp3) is 1.00. The molecule has 0 aromatic heterocycles. The third-order valence-electron chi connectivity index (χ3n) is 4.39. The van der Waals surface area contributed by atoms with Crippen LogP contribution in [0.4, 0.5) is 0 Å². The number of likely N-dealkylation sites (tertiary alicyclic amines) is 1. The Morgan fingerprint density at radius 1 is 1.00 bits per heavy atom. The second-order valence-corrected chi connectivity index (χ2v) is 5.07. The molecule has 1 saturated carbocycles. The van der Waals surface area contributed by atoms with Crippen LogP contribution in [0.25, 0.3) is 0 Å². The van der Waals surface area contributed by atoms with Gasteiger partial charge in [0.25, 0.3) is 0 Å². The van der Waals surface area contributed by atoms with Crippen molar-refractivity contribution in [3.05, 3.63) is 0 Å². The predicted molar refractivity (Wildman–Crippen MR) is 56.8 cm³/mol. The zero-order valence-corrected chi connectivity index (χ0v) is 9.13. The van der Waals surface area contributed by atoms with Gasteiger partial charge in [0.05, 0.1) is 0 Å². The highest BCUT2D eigenvalue weighted by molar-refractivity contribution is 4.87. The molecule has 0 radical (unpaired) electrons. The van der Waals surface area contributed by atoms with Gasteiger partial charge in [0.2, 0.25) is 0 Å². The van der Waals surface area contributed by atoms with Crippen molar-refractivity contribution in [1.82, 2.24) is 4.90 Å². The lowest BCUT2D eigenvalue weighted by molar-refractivity contribution is 0.196. The monoisotopic (exact) mass is 181 g/mol. The lowest BCUT2D eigenvalue weighted by Crippen LogP contribution is -2.30. The quantitative estimate of drug-likeness (QED) is 0.601. The highest BCUT2D eigenvalue weighted by Gasteiger charge is 2.34. The fourth-order valence-corrected chi connectivity index (χ4v) is 3.32. The van der Waals surface area contributed by atoms with E-state index in [2.05, 4.69) is 18.9 Å². The molecule has 0 spiro atoms. The Balaban J connectivity index is 1.92. The van der Waals surface area contributed by atoms with Gasteiger partial charge in [-0.05, 0) is 38.8 Å². The normalized spacial score (nSPS) is 38.3. The zero-order valence-electron chi connectivity index (χ0n) is 9.13. The SMILES string of the molecule is CC1C(C2CCCCC2)CCN1C. The Hall–Kier alpha value is -0.0400. The molecular formula is C12H23N. The summed E-state index contributed by atoms with van der Waals surface area (Å²) >= 11 is 0. The molecule has 1 heterocycles. The van der Waals surface area contributed by atoms with Crippen molar-refractivity contribution in [2.24, 2.45) is 11.8 Å². The van der Waals surface area contributed by atoms with Gasteiger partial charge in [0.1, 0.15) is 0 Å². The third-order valence-corrected chi connectivity index (χ3v) is 4.39. The van der Waals surface area contributed by atoms with Crippen molar-refractivity contribution >= 4 is 0 Å². The highest BCUT2D eigenvalue weighted by Crippen LogP contribution is 2.37. The van der Waals surface area contributed by atoms with Crippen molar-refractivity contribution in [2.75, 3.05) is 13.6 Å². The van der Waals surface area contributed by atoms with Crippen LogP contribution in [-0.2, 0) is 0 Å². The van der Waals surface area contributed by atoms with Gasteiger partial charge in [-0.25, -0.2) is 0 Å². The number of hydrogen-bond donors (Lipinski definition) is 0. The molecule has 2 aliphatic rings. The summed E-state index contributed by atoms with van der Waals surface area (Å²) < 4.78 is 0. The molecular weight excluding hydrogens is 158 g/mol. The molecule has 2 fully saturated rings. The largest absolute Gasteiger partial charge is 0.303 e. The van der Waals surface area contributed by atoms with Crippen LogP contribution in [0, 0.1) is 11.8 Å². The Bertz CT molecular complexity index is 161. The molecule has 13 heavy (non-hydrogen) atoms. The number of nitrogens with zero attached hydrogens (tertiary/aromatic N) is 1. The van der Waals surface area contributed by atoms with E-state index in [1.54, 1.807) is 0 Å². The van der Waals surface area contributed by atoms with Crippen LogP contribution in [-0.4, -0.2) is 24.5 Å². The minimum atomic E-state index is 0.850. The average molecular weight is 181 g/mol. The minimum Gasteiger partial charge on any atom is -0.303 e. The number of hydrogen-bond acceptors (Lipinski definition) is 1. The van der Waals surface area contributed by atoms with E-state index in [9.17, 15) is 0 Å². The molecule has 0 aromatic rings. The summed E-state index contributed by atoms with van der Waals surface area (Å²) in [6.07, 6.45) is 8.98. The van der Waals surface area contributed by atoms with Crippen LogP contribution in [0.1, 0.15) is 45.4 Å². The summed E-state index contributed by atoms with van der Waals surface area (Å²) in [5, 5.41) is 0. The molecule has 1 nitrogen and oxygen atoms in total. The molecule has 1 heteroatoms. The van der Waals surface area contributed by atoms with E-state index in [0.29, 0.717) is 0 Å². The Labute approximate surface area is 82.5 Å². The Kier molecular flexibility index (Phi) is 2.92. The lowest BCUT2D eigenvalue weighted by atomic mass is 9.77. The first-order valence-corrected chi connectivity index (χ1v) is 5.99. The van der Waals surface area contributed by atoms with E-state index in [1.165, 1.54) is 45.1 Å². The highest BCUT2D eigenvalue weighted by atomic mass is 15.1. The van der Waals surface area contributed by atoms with Crippen molar-refractivity contribution in [3.63, 3.8) is 0 Å². The molecule has 0 amide bonds. The van der Waals surface area contributed by atoms with Gasteiger partial charge in [-0.15, -0.1) is 0 Å². The Morgan fingerprint density at radius 3 is 2.23 bits per heavy atom. The molecule has 1 saturated heterocycles. The predicted octanol–water partition coefficient (Wildman–Crippen LogP) is 2.91. The van der Waals surface area contributed by atoms with E-state index < -0.39 is 0 Å². The molecule has 2 atom stereocenters. The first-order chi connectivity index (χ1) is 6.29. The molecule has 1 aliphatic carbocycles. The van der Waals surface area contributed by atoms with E-state index in [4.69, 9.17) is 0 Å². The van der Waals surface area contributed by atoms with Crippen LogP contribution in [0.3, 0.4) is 0 Å². The summed E-state index contributed by atoms with van der Waals surface area (Å²) in [6, 6.07) is 0.850. The summed E-state index contributed by atoms with van der Waals surface area (Å²) in [6.45, 7) is 3.76. The van der Waals surface area contributed by atoms with Crippen LogP contribution in [0.15, 0.2) is 0 Å². The van der Waals surface area contributed by atoms with Gasteiger partial charge < -0.3 is 4.90 Å². The van der Waals surface area contributed by atoms with Gasteiger partial charge >= 0.3 is 0 Å². The van der Waals surface area contributed by atoms with Gasteiger partial charge in [-0.2, -0.15) is 0 Å². The van der Waals surface area contributed by atoms with Crippen LogP contribution >= 0.6 is 0 Å². The second-order valence-electron chi connectivity index (χ2n) is 5.07. The standard InChI is InChI=1S/C12H23N/c1-10-12(8-9-13(10)2)11-6-4-3-5-7-11/h10-12H,3-9H2,1-2H3. The summed E-state index contributed by atoms with van der Waals surface area (Å²) in [7, 11) is 2.29. The van der Waals surface area contributed by atoms with E-state index in [1.807, 2.05) is 0 Å². The second kappa shape index (κ2) is 4.00. The minimum absolute atomic E-state index is 0.850. The summed E-state index contributed by atoms with van der Waals surface area (Å²) in [5.41, 5.74) is 0. The summed E-state index contributed by atoms with van der Waals surface area (Å²) in [5.74, 6) is 2.08. The van der Waals surface area contributed by atoms with Crippen LogP contribution in [0.5, 0.6) is 0 Å². The number of rotatable bonds is 1. The fourth-order valence-electron chi connectivity index (χ4n) is 3.32. The molecule has 2 unspecified atom stereocenters. The lowest BCUT2D eigenvalue weighted by Gasteiger charge is -2.31. The first kappa shape index (κ1) is 9.51. The summed E-state index contributed by atoms with van der Waals surface area (Å²) in [4.78, 5) is 2.54. The van der Waals surface area contributed by atoms with E-state index in [-0.39, 0.29) is 0 Å². The van der Waals surface area contributed by atoms with Crippen LogP contribution in [0.2, 0.25) is 0 Å². The van der Waals surface area contributed by atoms with E-state index in [0.717, 1.165) is 17.9 Å². The van der Waals surface area contributed by atoms with E-state index >= 15 is 0 Å². The maximum atomic E-state index is 2.54. The van der Waals surface area contributed by atoms with Gasteiger partial charge in [-0.1, -0.05) is 32.1 Å². The van der Waals surface area contributed by atoms with Crippen molar-refractivity contribution in [3.8, 4) is 0 Å². The molecule has 2 rings (SSSR count). The molecule has 0 bridgehead atoms. The molecule has 76 valence electrons. The van der Waals surface area contributed by atoms with Crippen LogP contribution < -0.4 is 0 Å². The van der Waals surface area contributed by atoms with Gasteiger partial charge in [0, 0.05) is 6.04 Å². The van der Waals surface area contributed by atoms with Crippen molar-refractivity contribution in [1.29, 1.82) is 0 Å². The molecule has 1 aliphatic heterocycles. The van der Waals surface area contributed by atoms with Gasteiger partial charge in [-0.3, -0.25) is 0 Å². The first-order valence-electron chi connectivity index (χ1n) is 5.99. The van der Waals surface area contributed by atoms with Crippen molar-refractivity contribution < 1.29 is 0 Å². The zero-order chi connectivity index (χ0) is 9.26. The topological polar surface area (TPSA) is 3.24 Å². The third kappa shape index (κ3) is 1.90. The Morgan fingerprint density at radius 2 is 1.69 bits per heavy atom. The maximum Gasteiger partial charge on any atom is 0.00952 e. The molecule has 0 N–H and O–H groups in total. The molecule has 0 aromatic carbocycles. The smallest absolute Gasteiger partial charge is 0.00952 e. The maximum absolute atomic E-state index is 2.54. The van der Waals surface area contributed by atoms with Crippen molar-refractivity contribution in [2.45, 2.75) is 51.5 Å².